The maximum atomic E-state index is 13.4. The predicted octanol–water partition coefficient (Wildman–Crippen LogP) is 5.69. The minimum atomic E-state index is -1.02. The van der Waals surface area contributed by atoms with Crippen LogP contribution in [0.5, 0.6) is 0 Å². The van der Waals surface area contributed by atoms with E-state index in [9.17, 15) is 13.6 Å². The van der Waals surface area contributed by atoms with Crippen LogP contribution in [0.25, 0.3) is 0 Å². The van der Waals surface area contributed by atoms with Crippen LogP contribution in [0.15, 0.2) is 73.4 Å². The maximum Gasteiger partial charge on any atom is 0.322 e. The average molecular weight is 416 g/mol. The summed E-state index contributed by atoms with van der Waals surface area (Å²) in [7, 11) is 0. The summed E-state index contributed by atoms with van der Waals surface area (Å²) in [5.74, 6) is -1.99. The zero-order valence-electron chi connectivity index (χ0n) is 15.6. The van der Waals surface area contributed by atoms with Crippen molar-refractivity contribution in [3.05, 3.63) is 101 Å². The van der Waals surface area contributed by atoms with Gasteiger partial charge in [-0.3, -0.25) is 0 Å². The highest BCUT2D eigenvalue weighted by Crippen LogP contribution is 2.17. The SMILES string of the molecule is C=CCN(Cc1cccn1Cc1cccc(Cl)c1)C(=O)Nc1ccc(F)c(F)c1. The normalized spacial score (nSPS) is 10.6. The molecule has 0 saturated heterocycles. The van der Waals surface area contributed by atoms with Crippen LogP contribution in [-0.2, 0) is 13.1 Å². The summed E-state index contributed by atoms with van der Waals surface area (Å²) >= 11 is 6.06. The van der Waals surface area contributed by atoms with E-state index in [1.807, 2.05) is 47.2 Å². The summed E-state index contributed by atoms with van der Waals surface area (Å²) in [5, 5.41) is 3.25. The fraction of sp³-hybridized carbons (Fsp3) is 0.136. The topological polar surface area (TPSA) is 37.3 Å². The van der Waals surface area contributed by atoms with Gasteiger partial charge in [0.05, 0.1) is 6.54 Å². The third-order valence-corrected chi connectivity index (χ3v) is 4.56. The molecule has 1 N–H and O–H groups in total. The minimum absolute atomic E-state index is 0.178. The Bertz CT molecular complexity index is 1020. The number of aromatic nitrogens is 1. The third kappa shape index (κ3) is 5.45. The summed E-state index contributed by atoms with van der Waals surface area (Å²) in [6.45, 7) is 4.90. The minimum Gasteiger partial charge on any atom is -0.345 e. The molecule has 4 nitrogen and oxygen atoms in total. The van der Waals surface area contributed by atoms with Gasteiger partial charge in [0.25, 0.3) is 0 Å². The lowest BCUT2D eigenvalue weighted by Crippen LogP contribution is -2.35. The molecule has 0 unspecified atom stereocenters. The van der Waals surface area contributed by atoms with Crippen LogP contribution < -0.4 is 5.32 Å². The molecule has 3 aromatic rings. The van der Waals surface area contributed by atoms with Gasteiger partial charge in [0.2, 0.25) is 0 Å². The highest BCUT2D eigenvalue weighted by molar-refractivity contribution is 6.30. The Morgan fingerprint density at radius 1 is 1.14 bits per heavy atom. The molecular formula is C22H20ClF2N3O. The lowest BCUT2D eigenvalue weighted by Gasteiger charge is -2.23. The van der Waals surface area contributed by atoms with E-state index in [4.69, 9.17) is 11.6 Å². The number of urea groups is 1. The van der Waals surface area contributed by atoms with Crippen molar-refractivity contribution in [3.63, 3.8) is 0 Å². The molecular weight excluding hydrogens is 396 g/mol. The molecule has 0 atom stereocenters. The van der Waals surface area contributed by atoms with E-state index in [2.05, 4.69) is 11.9 Å². The first-order valence-corrected chi connectivity index (χ1v) is 9.34. The zero-order chi connectivity index (χ0) is 20.8. The van der Waals surface area contributed by atoms with Gasteiger partial charge < -0.3 is 14.8 Å². The smallest absolute Gasteiger partial charge is 0.322 e. The number of carbonyl (C=O) groups excluding carboxylic acids is 1. The van der Waals surface area contributed by atoms with Gasteiger partial charge >= 0.3 is 6.03 Å². The van der Waals surface area contributed by atoms with Gasteiger partial charge in [-0.05, 0) is 42.0 Å². The van der Waals surface area contributed by atoms with E-state index in [0.29, 0.717) is 18.1 Å². The summed E-state index contributed by atoms with van der Waals surface area (Å²) in [4.78, 5) is 14.2. The van der Waals surface area contributed by atoms with Crippen molar-refractivity contribution in [2.75, 3.05) is 11.9 Å². The molecule has 0 aliphatic heterocycles. The number of carbonyl (C=O) groups is 1. The molecule has 0 fully saturated rings. The van der Waals surface area contributed by atoms with E-state index in [0.717, 1.165) is 23.4 Å². The molecule has 2 amide bonds. The molecule has 150 valence electrons. The Hall–Kier alpha value is -3.12. The molecule has 0 bridgehead atoms. The first kappa shape index (κ1) is 20.6. The third-order valence-electron chi connectivity index (χ3n) is 4.33. The highest BCUT2D eigenvalue weighted by atomic mass is 35.5. The number of amides is 2. The summed E-state index contributed by atoms with van der Waals surface area (Å²) in [6, 6.07) is 14.2. The number of nitrogens with zero attached hydrogens (tertiary/aromatic N) is 2. The maximum absolute atomic E-state index is 13.4. The summed E-state index contributed by atoms with van der Waals surface area (Å²) < 4.78 is 28.5. The van der Waals surface area contributed by atoms with Crippen LogP contribution in [0.4, 0.5) is 19.3 Å². The molecule has 1 aromatic heterocycles. The second-order valence-electron chi connectivity index (χ2n) is 6.49. The van der Waals surface area contributed by atoms with Crippen LogP contribution in [0.3, 0.4) is 0 Å². The van der Waals surface area contributed by atoms with Gasteiger partial charge in [-0.1, -0.05) is 29.8 Å². The Morgan fingerprint density at radius 2 is 1.97 bits per heavy atom. The van der Waals surface area contributed by atoms with Crippen molar-refractivity contribution in [1.82, 2.24) is 9.47 Å². The van der Waals surface area contributed by atoms with Gasteiger partial charge in [0, 0.05) is 41.8 Å². The van der Waals surface area contributed by atoms with Gasteiger partial charge in [0.1, 0.15) is 0 Å². The summed E-state index contributed by atoms with van der Waals surface area (Å²) in [5.41, 5.74) is 2.13. The number of halogens is 3. The Morgan fingerprint density at radius 3 is 2.69 bits per heavy atom. The van der Waals surface area contributed by atoms with Gasteiger partial charge in [0.15, 0.2) is 11.6 Å². The van der Waals surface area contributed by atoms with Crippen LogP contribution >= 0.6 is 11.6 Å². The van der Waals surface area contributed by atoms with E-state index >= 15 is 0 Å². The molecule has 2 aromatic carbocycles. The second kappa shape index (κ2) is 9.39. The average Bonchev–Trinajstić information content (AvgIpc) is 3.11. The lowest BCUT2D eigenvalue weighted by atomic mass is 10.2. The monoisotopic (exact) mass is 415 g/mol. The molecule has 3 rings (SSSR count). The standard InChI is InChI=1S/C22H20ClF2N3O/c1-2-10-28(22(29)26-18-8-9-20(24)21(25)13-18)15-19-7-4-11-27(19)14-16-5-3-6-17(23)12-16/h2-9,11-13H,1,10,14-15H2,(H,26,29). The number of anilines is 1. The second-order valence-corrected chi connectivity index (χ2v) is 6.92. The molecule has 0 spiro atoms. The number of rotatable bonds is 7. The molecule has 0 aliphatic rings. The van der Waals surface area contributed by atoms with Gasteiger partial charge in [-0.15, -0.1) is 6.58 Å². The molecule has 29 heavy (non-hydrogen) atoms. The van der Waals surface area contributed by atoms with Crippen LogP contribution in [-0.4, -0.2) is 22.0 Å². The fourth-order valence-corrected chi connectivity index (χ4v) is 3.14. The zero-order valence-corrected chi connectivity index (χ0v) is 16.4. The number of nitrogens with one attached hydrogen (secondary N) is 1. The van der Waals surface area contributed by atoms with Crippen molar-refractivity contribution in [3.8, 4) is 0 Å². The van der Waals surface area contributed by atoms with Crippen LogP contribution in [0.1, 0.15) is 11.3 Å². The van der Waals surface area contributed by atoms with E-state index < -0.39 is 17.7 Å². The number of hydrogen-bond acceptors (Lipinski definition) is 1. The first-order valence-electron chi connectivity index (χ1n) is 8.96. The van der Waals surface area contributed by atoms with E-state index in [-0.39, 0.29) is 12.2 Å². The number of hydrogen-bond donors (Lipinski definition) is 1. The quantitative estimate of drug-likeness (QED) is 0.494. The molecule has 1 heterocycles. The molecule has 7 heteroatoms. The van der Waals surface area contributed by atoms with Gasteiger partial charge in [-0.25, -0.2) is 13.6 Å². The van der Waals surface area contributed by atoms with Crippen molar-refractivity contribution in [2.24, 2.45) is 0 Å². The Balaban J connectivity index is 1.73. The molecule has 0 radical (unpaired) electrons. The fourth-order valence-electron chi connectivity index (χ4n) is 2.93. The van der Waals surface area contributed by atoms with Gasteiger partial charge in [-0.2, -0.15) is 0 Å². The predicted molar refractivity (Wildman–Crippen MR) is 111 cm³/mol. The Kier molecular flexibility index (Phi) is 6.67. The summed E-state index contributed by atoms with van der Waals surface area (Å²) in [6.07, 6.45) is 3.53. The van der Waals surface area contributed by atoms with Crippen molar-refractivity contribution in [1.29, 1.82) is 0 Å². The Labute approximate surface area is 173 Å². The van der Waals surface area contributed by atoms with Crippen molar-refractivity contribution >= 4 is 23.3 Å². The van der Waals surface area contributed by atoms with Crippen molar-refractivity contribution in [2.45, 2.75) is 13.1 Å². The lowest BCUT2D eigenvalue weighted by molar-refractivity contribution is 0.214. The molecule has 0 aliphatic carbocycles. The van der Waals surface area contributed by atoms with E-state index in [1.54, 1.807) is 6.08 Å². The first-order chi connectivity index (χ1) is 14.0. The molecule has 0 saturated carbocycles. The highest BCUT2D eigenvalue weighted by Gasteiger charge is 2.16. The van der Waals surface area contributed by atoms with E-state index in [1.165, 1.54) is 11.0 Å². The largest absolute Gasteiger partial charge is 0.345 e. The van der Waals surface area contributed by atoms with Crippen molar-refractivity contribution < 1.29 is 13.6 Å². The van der Waals surface area contributed by atoms with Crippen LogP contribution in [0, 0.1) is 11.6 Å². The number of benzene rings is 2. The van der Waals surface area contributed by atoms with Crippen LogP contribution in [0.2, 0.25) is 5.02 Å².